The van der Waals surface area contributed by atoms with Crippen LogP contribution >= 0.6 is 0 Å². The molecule has 0 unspecified atom stereocenters. The highest BCUT2D eigenvalue weighted by Gasteiger charge is 2.24. The number of aromatic nitrogens is 1. The average molecular weight is 258 g/mol. The predicted molar refractivity (Wildman–Crippen MR) is 77.0 cm³/mol. The molecule has 1 aromatic heterocycles. The zero-order chi connectivity index (χ0) is 13.5. The third kappa shape index (κ3) is 2.39. The van der Waals surface area contributed by atoms with Crippen molar-refractivity contribution in [2.75, 3.05) is 26.3 Å². The van der Waals surface area contributed by atoms with Gasteiger partial charge in [0.25, 0.3) is 0 Å². The summed E-state index contributed by atoms with van der Waals surface area (Å²) in [6, 6.07) is 2.33. The summed E-state index contributed by atoms with van der Waals surface area (Å²) in [5.41, 5.74) is 5.37. The predicted octanol–water partition coefficient (Wildman–Crippen LogP) is 2.61. The number of rotatable bonds is 1. The third-order valence-corrected chi connectivity index (χ3v) is 3.95. The number of pyridine rings is 1. The van der Waals surface area contributed by atoms with Crippen LogP contribution in [-0.4, -0.2) is 36.2 Å². The first-order chi connectivity index (χ1) is 9.05. The fraction of sp³-hybridized carbons (Fsp3) is 0.562. The average Bonchev–Trinajstić information content (AvgIpc) is 2.81. The molecule has 1 saturated heterocycles. The number of ether oxygens (including phenoxy) is 1. The Balaban J connectivity index is 1.93. The molecule has 1 aromatic rings. The number of hydrogen-bond acceptors (Lipinski definition) is 3. The first-order valence-corrected chi connectivity index (χ1v) is 7.08. The Bertz CT molecular complexity index is 508. The van der Waals surface area contributed by atoms with Gasteiger partial charge in [-0.05, 0) is 17.0 Å². The molecule has 3 nitrogen and oxygen atoms in total. The van der Waals surface area contributed by atoms with Crippen molar-refractivity contribution in [1.29, 1.82) is 0 Å². The summed E-state index contributed by atoms with van der Waals surface area (Å²) in [7, 11) is 0. The summed E-state index contributed by atoms with van der Waals surface area (Å²) in [6.45, 7) is 10.4. The van der Waals surface area contributed by atoms with E-state index in [0.29, 0.717) is 0 Å². The highest BCUT2D eigenvalue weighted by atomic mass is 16.5. The van der Waals surface area contributed by atoms with Crippen LogP contribution in [0.3, 0.4) is 0 Å². The van der Waals surface area contributed by atoms with Crippen molar-refractivity contribution < 1.29 is 4.74 Å². The van der Waals surface area contributed by atoms with Crippen molar-refractivity contribution in [3.8, 4) is 0 Å². The van der Waals surface area contributed by atoms with E-state index in [1.54, 1.807) is 0 Å². The Hall–Kier alpha value is -1.35. The van der Waals surface area contributed by atoms with Crippen LogP contribution in [0.5, 0.6) is 0 Å². The maximum atomic E-state index is 5.44. The van der Waals surface area contributed by atoms with Crippen LogP contribution in [-0.2, 0) is 16.6 Å². The molecule has 1 aliphatic heterocycles. The van der Waals surface area contributed by atoms with Gasteiger partial charge in [0.15, 0.2) is 0 Å². The maximum Gasteiger partial charge on any atom is 0.0642 e. The molecule has 3 rings (SSSR count). The minimum atomic E-state index is 0.154. The summed E-state index contributed by atoms with van der Waals surface area (Å²) in [5.74, 6) is 0. The molecular weight excluding hydrogens is 236 g/mol. The summed E-state index contributed by atoms with van der Waals surface area (Å²) in [4.78, 5) is 7.09. The molecule has 0 radical (unpaired) electrons. The van der Waals surface area contributed by atoms with Crippen molar-refractivity contribution in [3.63, 3.8) is 0 Å². The molecule has 2 heterocycles. The van der Waals surface area contributed by atoms with Gasteiger partial charge in [-0.25, -0.2) is 0 Å². The van der Waals surface area contributed by atoms with Crippen LogP contribution < -0.4 is 0 Å². The molecular formula is C16H22N2O. The molecule has 3 heteroatoms. The molecule has 0 bridgehead atoms. The normalized spacial score (nSPS) is 19.3. The van der Waals surface area contributed by atoms with Gasteiger partial charge < -0.3 is 9.64 Å². The van der Waals surface area contributed by atoms with E-state index in [4.69, 9.17) is 4.74 Å². The topological polar surface area (TPSA) is 25.4 Å². The molecule has 0 amide bonds. The molecule has 0 saturated carbocycles. The van der Waals surface area contributed by atoms with Crippen LogP contribution in [0.1, 0.15) is 37.6 Å². The molecule has 0 spiro atoms. The second-order valence-corrected chi connectivity index (χ2v) is 6.36. The van der Waals surface area contributed by atoms with Crippen LogP contribution in [0.4, 0.5) is 0 Å². The van der Waals surface area contributed by atoms with Gasteiger partial charge in [0.05, 0.1) is 18.9 Å². The number of allylic oxidation sites excluding steroid dienone is 1. The Morgan fingerprint density at radius 1 is 1.21 bits per heavy atom. The SMILES string of the molecule is CC(C)(C)c1cnc2c(c1)C(N1CCOCC1)=CC2. The fourth-order valence-corrected chi connectivity index (χ4v) is 2.69. The zero-order valence-corrected chi connectivity index (χ0v) is 12.1. The van der Waals surface area contributed by atoms with Crippen molar-refractivity contribution in [2.45, 2.75) is 32.6 Å². The van der Waals surface area contributed by atoms with Crippen molar-refractivity contribution in [1.82, 2.24) is 9.88 Å². The van der Waals surface area contributed by atoms with E-state index in [9.17, 15) is 0 Å². The highest BCUT2D eigenvalue weighted by molar-refractivity contribution is 5.71. The van der Waals surface area contributed by atoms with E-state index >= 15 is 0 Å². The second kappa shape index (κ2) is 4.64. The van der Waals surface area contributed by atoms with Gasteiger partial charge in [-0.1, -0.05) is 26.8 Å². The van der Waals surface area contributed by atoms with E-state index in [0.717, 1.165) is 32.7 Å². The van der Waals surface area contributed by atoms with Crippen LogP contribution in [0.15, 0.2) is 18.3 Å². The first-order valence-electron chi connectivity index (χ1n) is 7.08. The van der Waals surface area contributed by atoms with E-state index < -0.39 is 0 Å². The molecule has 1 fully saturated rings. The van der Waals surface area contributed by atoms with Gasteiger partial charge in [0.2, 0.25) is 0 Å². The minimum Gasteiger partial charge on any atom is -0.378 e. The smallest absolute Gasteiger partial charge is 0.0642 e. The number of morpholine rings is 1. The molecule has 0 N–H and O–H groups in total. The molecule has 19 heavy (non-hydrogen) atoms. The lowest BCUT2D eigenvalue weighted by Gasteiger charge is -2.30. The Labute approximate surface area is 115 Å². The lowest BCUT2D eigenvalue weighted by molar-refractivity contribution is 0.0640. The van der Waals surface area contributed by atoms with Crippen molar-refractivity contribution in [2.24, 2.45) is 0 Å². The second-order valence-electron chi connectivity index (χ2n) is 6.36. The van der Waals surface area contributed by atoms with Gasteiger partial charge in [-0.3, -0.25) is 4.98 Å². The largest absolute Gasteiger partial charge is 0.378 e. The van der Waals surface area contributed by atoms with Crippen molar-refractivity contribution >= 4 is 5.70 Å². The van der Waals surface area contributed by atoms with E-state index in [-0.39, 0.29) is 5.41 Å². The number of fused-ring (bicyclic) bond motifs is 1. The summed E-state index contributed by atoms with van der Waals surface area (Å²) in [5, 5.41) is 0. The van der Waals surface area contributed by atoms with Crippen LogP contribution in [0, 0.1) is 0 Å². The number of hydrogen-bond donors (Lipinski definition) is 0. The standard InChI is InChI=1S/C16H22N2O/c1-16(2,3)12-10-13-14(17-11-12)4-5-15(13)18-6-8-19-9-7-18/h5,10-11H,4,6-9H2,1-3H3. The zero-order valence-electron chi connectivity index (χ0n) is 12.1. The molecule has 2 aliphatic rings. The van der Waals surface area contributed by atoms with Gasteiger partial charge in [0.1, 0.15) is 0 Å². The summed E-state index contributed by atoms with van der Waals surface area (Å²) < 4.78 is 5.44. The molecule has 0 aromatic carbocycles. The van der Waals surface area contributed by atoms with Gasteiger partial charge in [0, 0.05) is 37.0 Å². The van der Waals surface area contributed by atoms with E-state index in [1.807, 2.05) is 6.20 Å². The molecule has 0 atom stereocenters. The van der Waals surface area contributed by atoms with E-state index in [1.165, 1.54) is 22.5 Å². The Morgan fingerprint density at radius 3 is 2.63 bits per heavy atom. The maximum absolute atomic E-state index is 5.44. The minimum absolute atomic E-state index is 0.154. The summed E-state index contributed by atoms with van der Waals surface area (Å²) in [6.07, 6.45) is 5.32. The molecule has 102 valence electrons. The lowest BCUT2D eigenvalue weighted by atomic mass is 9.87. The molecule has 1 aliphatic carbocycles. The van der Waals surface area contributed by atoms with E-state index in [2.05, 4.69) is 42.8 Å². The highest BCUT2D eigenvalue weighted by Crippen LogP contribution is 2.32. The Morgan fingerprint density at radius 2 is 1.95 bits per heavy atom. The van der Waals surface area contributed by atoms with Gasteiger partial charge >= 0.3 is 0 Å². The Kier molecular flexibility index (Phi) is 3.09. The fourth-order valence-electron chi connectivity index (χ4n) is 2.69. The monoisotopic (exact) mass is 258 g/mol. The van der Waals surface area contributed by atoms with Gasteiger partial charge in [-0.15, -0.1) is 0 Å². The quantitative estimate of drug-likeness (QED) is 0.774. The third-order valence-electron chi connectivity index (χ3n) is 3.95. The van der Waals surface area contributed by atoms with Crippen LogP contribution in [0.25, 0.3) is 5.70 Å². The van der Waals surface area contributed by atoms with Gasteiger partial charge in [-0.2, -0.15) is 0 Å². The lowest BCUT2D eigenvalue weighted by Crippen LogP contribution is -2.34. The number of nitrogens with zero attached hydrogens (tertiary/aromatic N) is 2. The summed E-state index contributed by atoms with van der Waals surface area (Å²) >= 11 is 0. The first kappa shape index (κ1) is 12.7. The van der Waals surface area contributed by atoms with Crippen molar-refractivity contribution in [3.05, 3.63) is 35.2 Å². The van der Waals surface area contributed by atoms with Crippen LogP contribution in [0.2, 0.25) is 0 Å².